The van der Waals surface area contributed by atoms with Gasteiger partial charge in [-0.1, -0.05) is 35.9 Å². The first-order chi connectivity index (χ1) is 13.6. The third-order valence-electron chi connectivity index (χ3n) is 3.96. The van der Waals surface area contributed by atoms with Crippen LogP contribution in [-0.4, -0.2) is 35.7 Å². The Morgan fingerprint density at radius 1 is 1.18 bits per heavy atom. The van der Waals surface area contributed by atoms with E-state index < -0.39 is 0 Å². The van der Waals surface area contributed by atoms with Crippen molar-refractivity contribution < 1.29 is 14.3 Å². The highest BCUT2D eigenvalue weighted by atomic mass is 35.5. The lowest BCUT2D eigenvalue weighted by atomic mass is 10.1. The van der Waals surface area contributed by atoms with Gasteiger partial charge in [0.25, 0.3) is 5.91 Å². The molecule has 1 heterocycles. The fourth-order valence-corrected chi connectivity index (χ4v) is 2.79. The summed E-state index contributed by atoms with van der Waals surface area (Å²) in [4.78, 5) is 24.2. The van der Waals surface area contributed by atoms with Crippen molar-refractivity contribution in [2.75, 3.05) is 19.0 Å². The van der Waals surface area contributed by atoms with Crippen LogP contribution >= 0.6 is 11.6 Å². The molecule has 0 bridgehead atoms. The quantitative estimate of drug-likeness (QED) is 0.569. The van der Waals surface area contributed by atoms with Gasteiger partial charge in [-0.3, -0.25) is 14.7 Å². The summed E-state index contributed by atoms with van der Waals surface area (Å²) < 4.78 is 4.80. The van der Waals surface area contributed by atoms with Gasteiger partial charge in [0.1, 0.15) is 6.61 Å². The molecule has 1 aromatic heterocycles. The topological polar surface area (TPSA) is 96.1 Å². The molecule has 3 rings (SSSR count). The van der Waals surface area contributed by atoms with Crippen molar-refractivity contribution in [1.82, 2.24) is 15.5 Å². The van der Waals surface area contributed by atoms with Crippen LogP contribution in [0.4, 0.5) is 5.69 Å². The monoisotopic (exact) mass is 398 g/mol. The molecule has 0 saturated carbocycles. The zero-order valence-corrected chi connectivity index (χ0v) is 15.9. The number of ether oxygens (including phenoxy) is 1. The maximum atomic E-state index is 12.6. The number of nitrogens with zero attached hydrogens (tertiary/aromatic N) is 1. The first-order valence-electron chi connectivity index (χ1n) is 8.52. The van der Waals surface area contributed by atoms with E-state index in [-0.39, 0.29) is 18.4 Å². The van der Waals surface area contributed by atoms with Crippen molar-refractivity contribution in [3.05, 3.63) is 70.9 Å². The van der Waals surface area contributed by atoms with E-state index in [0.717, 1.165) is 11.1 Å². The van der Waals surface area contributed by atoms with Crippen molar-refractivity contribution in [2.24, 2.45) is 0 Å². The number of methoxy groups -OCH3 is 1. The number of aromatic nitrogens is 2. The molecule has 0 fully saturated rings. The number of anilines is 1. The second-order valence-corrected chi connectivity index (χ2v) is 6.47. The number of nitrogens with one attached hydrogen (secondary N) is 3. The molecule has 0 aliphatic rings. The Morgan fingerprint density at radius 3 is 2.71 bits per heavy atom. The first kappa shape index (κ1) is 19.6. The molecule has 2 amide bonds. The van der Waals surface area contributed by atoms with Crippen LogP contribution < -0.4 is 10.6 Å². The number of rotatable bonds is 7. The van der Waals surface area contributed by atoms with Gasteiger partial charge in [-0.25, -0.2) is 0 Å². The Morgan fingerprint density at radius 2 is 1.96 bits per heavy atom. The number of carbonyl (C=O) groups excluding carboxylic acids is 2. The Labute approximate surface area is 167 Å². The molecule has 0 unspecified atom stereocenters. The smallest absolute Gasteiger partial charge is 0.255 e. The molecule has 0 spiro atoms. The predicted molar refractivity (Wildman–Crippen MR) is 107 cm³/mol. The number of hydrogen-bond acceptors (Lipinski definition) is 4. The van der Waals surface area contributed by atoms with Gasteiger partial charge in [-0.15, -0.1) is 0 Å². The summed E-state index contributed by atoms with van der Waals surface area (Å²) in [6, 6.07) is 14.4. The van der Waals surface area contributed by atoms with Gasteiger partial charge in [-0.05, 0) is 29.8 Å². The highest BCUT2D eigenvalue weighted by Crippen LogP contribution is 2.23. The lowest BCUT2D eigenvalue weighted by Gasteiger charge is -2.09. The Balaban J connectivity index is 1.66. The van der Waals surface area contributed by atoms with Crippen molar-refractivity contribution in [2.45, 2.75) is 6.54 Å². The van der Waals surface area contributed by atoms with Gasteiger partial charge in [0, 0.05) is 29.9 Å². The van der Waals surface area contributed by atoms with Crippen molar-refractivity contribution in [1.29, 1.82) is 0 Å². The molecule has 3 aromatic rings. The number of halogens is 1. The lowest BCUT2D eigenvalue weighted by Crippen LogP contribution is -2.23. The van der Waals surface area contributed by atoms with Crippen LogP contribution in [0.3, 0.4) is 0 Å². The van der Waals surface area contributed by atoms with Crippen LogP contribution in [0.15, 0.2) is 54.7 Å². The summed E-state index contributed by atoms with van der Waals surface area (Å²) in [6.45, 7) is 0.285. The molecule has 0 radical (unpaired) electrons. The number of hydrogen-bond donors (Lipinski definition) is 3. The van der Waals surface area contributed by atoms with Gasteiger partial charge < -0.3 is 15.4 Å². The molecule has 3 N–H and O–H groups in total. The van der Waals surface area contributed by atoms with Gasteiger partial charge in [0.15, 0.2) is 0 Å². The summed E-state index contributed by atoms with van der Waals surface area (Å²) in [5.41, 5.74) is 3.36. The molecular formula is C20H19ClN4O3. The number of H-pyrrole nitrogens is 1. The third-order valence-corrected chi connectivity index (χ3v) is 4.21. The fourth-order valence-electron chi connectivity index (χ4n) is 2.66. The lowest BCUT2D eigenvalue weighted by molar-refractivity contribution is -0.119. The third kappa shape index (κ3) is 4.97. The first-order valence-corrected chi connectivity index (χ1v) is 8.90. The SMILES string of the molecule is COCC(=O)Nc1cccc(CNC(=O)c2cn[nH]c2-c2ccc(Cl)cc2)c1. The minimum atomic E-state index is -0.257. The summed E-state index contributed by atoms with van der Waals surface area (Å²) in [7, 11) is 1.46. The normalized spacial score (nSPS) is 10.5. The highest BCUT2D eigenvalue weighted by Gasteiger charge is 2.15. The van der Waals surface area contributed by atoms with Crippen LogP contribution in [0.25, 0.3) is 11.3 Å². The highest BCUT2D eigenvalue weighted by molar-refractivity contribution is 6.30. The van der Waals surface area contributed by atoms with Crippen LogP contribution in [0.5, 0.6) is 0 Å². The summed E-state index contributed by atoms with van der Waals surface area (Å²) in [5.74, 6) is -0.498. The number of amides is 2. The average Bonchev–Trinajstić information content (AvgIpc) is 3.17. The van der Waals surface area contributed by atoms with Gasteiger partial charge >= 0.3 is 0 Å². The van der Waals surface area contributed by atoms with Crippen LogP contribution in [0.1, 0.15) is 15.9 Å². The average molecular weight is 399 g/mol. The predicted octanol–water partition coefficient (Wildman–Crippen LogP) is 3.25. The van der Waals surface area contributed by atoms with E-state index in [9.17, 15) is 9.59 Å². The standard InChI is InChI=1S/C20H19ClN4O3/c1-28-12-18(26)24-16-4-2-3-13(9-16)10-22-20(27)17-11-23-25-19(17)14-5-7-15(21)8-6-14/h2-9,11H,10,12H2,1H3,(H,22,27)(H,23,25)(H,24,26). The molecule has 7 nitrogen and oxygen atoms in total. The second kappa shape index (κ2) is 9.16. The van der Waals surface area contributed by atoms with Gasteiger partial charge in [-0.2, -0.15) is 5.10 Å². The van der Waals surface area contributed by atoms with Crippen molar-refractivity contribution in [3.8, 4) is 11.3 Å². The van der Waals surface area contributed by atoms with E-state index in [4.69, 9.17) is 16.3 Å². The Hall–Kier alpha value is -3.16. The molecule has 2 aromatic carbocycles. The number of carbonyl (C=O) groups is 2. The molecule has 0 saturated heterocycles. The van der Waals surface area contributed by atoms with Crippen LogP contribution in [0.2, 0.25) is 5.02 Å². The largest absolute Gasteiger partial charge is 0.375 e. The van der Waals surface area contributed by atoms with E-state index >= 15 is 0 Å². The van der Waals surface area contributed by atoms with Crippen LogP contribution in [0, 0.1) is 0 Å². The second-order valence-electron chi connectivity index (χ2n) is 6.03. The van der Waals surface area contributed by atoms with Crippen molar-refractivity contribution in [3.63, 3.8) is 0 Å². The van der Waals surface area contributed by atoms with E-state index in [2.05, 4.69) is 20.8 Å². The molecular weight excluding hydrogens is 380 g/mol. The van der Waals surface area contributed by atoms with E-state index in [0.29, 0.717) is 28.5 Å². The summed E-state index contributed by atoms with van der Waals surface area (Å²) >= 11 is 5.92. The van der Waals surface area contributed by atoms with Crippen molar-refractivity contribution >= 4 is 29.1 Å². The van der Waals surface area contributed by atoms with Gasteiger partial charge in [0.2, 0.25) is 5.91 Å². The fraction of sp³-hybridized carbons (Fsp3) is 0.150. The van der Waals surface area contributed by atoms with E-state index in [1.807, 2.05) is 18.2 Å². The summed E-state index contributed by atoms with van der Waals surface area (Å²) in [5, 5.41) is 13.0. The maximum absolute atomic E-state index is 12.6. The zero-order chi connectivity index (χ0) is 19.9. The van der Waals surface area contributed by atoms with Gasteiger partial charge in [0.05, 0.1) is 17.5 Å². The van der Waals surface area contributed by atoms with E-state index in [1.54, 1.807) is 30.3 Å². The molecule has 144 valence electrons. The Kier molecular flexibility index (Phi) is 6.41. The molecule has 28 heavy (non-hydrogen) atoms. The van der Waals surface area contributed by atoms with Crippen LogP contribution in [-0.2, 0) is 16.1 Å². The molecule has 0 aliphatic heterocycles. The van der Waals surface area contributed by atoms with E-state index in [1.165, 1.54) is 13.3 Å². The number of aromatic amines is 1. The molecule has 8 heteroatoms. The minimum absolute atomic E-state index is 0.0189. The number of benzene rings is 2. The minimum Gasteiger partial charge on any atom is -0.375 e. The molecule has 0 aliphatic carbocycles. The molecule has 0 atom stereocenters. The zero-order valence-electron chi connectivity index (χ0n) is 15.2. The maximum Gasteiger partial charge on any atom is 0.255 e. The Bertz CT molecular complexity index is 970. The summed E-state index contributed by atoms with van der Waals surface area (Å²) in [6.07, 6.45) is 1.49.